The molecule has 1 saturated carbocycles. The van der Waals surface area contributed by atoms with Crippen LogP contribution in [-0.2, 0) is 9.59 Å². The fraction of sp³-hybridized carbons (Fsp3) is 0.846. The number of carbonyl (C=O) groups excluding carboxylic acids is 2. The number of likely N-dealkylation sites (tertiary alicyclic amines) is 1. The molecule has 2 atom stereocenters. The minimum atomic E-state index is -0.313. The highest BCUT2D eigenvalue weighted by Crippen LogP contribution is 2.18. The van der Waals surface area contributed by atoms with E-state index in [2.05, 4.69) is 10.6 Å². The van der Waals surface area contributed by atoms with Gasteiger partial charge in [-0.05, 0) is 39.5 Å². The SMILES string of the molecule is CC(NC(C)C(=O)N1CCCC1)C(=O)NC1CC1. The number of hydrogen-bond donors (Lipinski definition) is 2. The van der Waals surface area contributed by atoms with Gasteiger partial charge in [0.15, 0.2) is 0 Å². The fourth-order valence-corrected chi connectivity index (χ4v) is 2.29. The average molecular weight is 253 g/mol. The maximum absolute atomic E-state index is 12.1. The van der Waals surface area contributed by atoms with Gasteiger partial charge in [-0.15, -0.1) is 0 Å². The zero-order chi connectivity index (χ0) is 13.1. The second kappa shape index (κ2) is 5.69. The molecular formula is C13H23N3O2. The van der Waals surface area contributed by atoms with Crippen LogP contribution in [-0.4, -0.2) is 47.9 Å². The molecule has 1 saturated heterocycles. The van der Waals surface area contributed by atoms with E-state index in [9.17, 15) is 9.59 Å². The molecule has 1 aliphatic heterocycles. The molecule has 1 heterocycles. The Balaban J connectivity index is 1.75. The quantitative estimate of drug-likeness (QED) is 0.738. The number of rotatable bonds is 5. The van der Waals surface area contributed by atoms with Crippen LogP contribution in [0.5, 0.6) is 0 Å². The zero-order valence-electron chi connectivity index (χ0n) is 11.2. The van der Waals surface area contributed by atoms with Crippen LogP contribution in [0.3, 0.4) is 0 Å². The highest BCUT2D eigenvalue weighted by Gasteiger charge is 2.28. The van der Waals surface area contributed by atoms with Crippen LogP contribution in [0.4, 0.5) is 0 Å². The summed E-state index contributed by atoms with van der Waals surface area (Å²) < 4.78 is 0. The topological polar surface area (TPSA) is 61.4 Å². The Morgan fingerprint density at radius 2 is 1.72 bits per heavy atom. The minimum Gasteiger partial charge on any atom is -0.352 e. The molecule has 0 spiro atoms. The van der Waals surface area contributed by atoms with Gasteiger partial charge in [-0.3, -0.25) is 14.9 Å². The summed E-state index contributed by atoms with van der Waals surface area (Å²) in [6, 6.07) is -0.235. The molecule has 0 aromatic rings. The van der Waals surface area contributed by atoms with Crippen LogP contribution < -0.4 is 10.6 Å². The van der Waals surface area contributed by atoms with E-state index < -0.39 is 0 Å². The van der Waals surface area contributed by atoms with E-state index in [1.54, 1.807) is 0 Å². The zero-order valence-corrected chi connectivity index (χ0v) is 11.2. The van der Waals surface area contributed by atoms with E-state index in [1.165, 1.54) is 0 Å². The summed E-state index contributed by atoms with van der Waals surface area (Å²) in [5, 5.41) is 6.03. The molecule has 102 valence electrons. The van der Waals surface area contributed by atoms with Gasteiger partial charge in [0.25, 0.3) is 0 Å². The van der Waals surface area contributed by atoms with Crippen molar-refractivity contribution in [1.82, 2.24) is 15.5 Å². The minimum absolute atomic E-state index is 0.00132. The first-order valence-electron chi connectivity index (χ1n) is 6.93. The van der Waals surface area contributed by atoms with Crippen LogP contribution in [0.1, 0.15) is 39.5 Å². The molecule has 18 heavy (non-hydrogen) atoms. The van der Waals surface area contributed by atoms with Gasteiger partial charge >= 0.3 is 0 Å². The maximum Gasteiger partial charge on any atom is 0.239 e. The van der Waals surface area contributed by atoms with Crippen molar-refractivity contribution in [2.75, 3.05) is 13.1 Å². The molecule has 2 rings (SSSR count). The third-order valence-electron chi connectivity index (χ3n) is 3.61. The van der Waals surface area contributed by atoms with Gasteiger partial charge in [0, 0.05) is 19.1 Å². The highest BCUT2D eigenvalue weighted by molar-refractivity contribution is 5.85. The van der Waals surface area contributed by atoms with E-state index in [4.69, 9.17) is 0 Å². The monoisotopic (exact) mass is 253 g/mol. The first kappa shape index (κ1) is 13.3. The molecule has 0 aromatic heterocycles. The Kier molecular flexibility index (Phi) is 4.22. The molecule has 2 N–H and O–H groups in total. The lowest BCUT2D eigenvalue weighted by Crippen LogP contribution is -2.51. The molecule has 0 bridgehead atoms. The lowest BCUT2D eigenvalue weighted by Gasteiger charge is -2.23. The highest BCUT2D eigenvalue weighted by atomic mass is 16.2. The molecule has 0 aromatic carbocycles. The van der Waals surface area contributed by atoms with Crippen molar-refractivity contribution in [2.24, 2.45) is 0 Å². The predicted molar refractivity (Wildman–Crippen MR) is 69.0 cm³/mol. The molecule has 5 nitrogen and oxygen atoms in total. The third kappa shape index (κ3) is 3.45. The van der Waals surface area contributed by atoms with Crippen LogP contribution >= 0.6 is 0 Å². The molecule has 5 heteroatoms. The number of carbonyl (C=O) groups is 2. The Bertz CT molecular complexity index is 322. The maximum atomic E-state index is 12.1. The van der Waals surface area contributed by atoms with Gasteiger partial charge in [0.1, 0.15) is 0 Å². The van der Waals surface area contributed by atoms with Crippen molar-refractivity contribution in [3.05, 3.63) is 0 Å². The second-order valence-corrected chi connectivity index (χ2v) is 5.43. The van der Waals surface area contributed by atoms with Crippen LogP contribution in [0.25, 0.3) is 0 Å². The third-order valence-corrected chi connectivity index (χ3v) is 3.61. The summed E-state index contributed by atoms with van der Waals surface area (Å²) in [6.07, 6.45) is 4.35. The van der Waals surface area contributed by atoms with Gasteiger partial charge in [0.05, 0.1) is 12.1 Å². The number of nitrogens with one attached hydrogen (secondary N) is 2. The number of hydrogen-bond acceptors (Lipinski definition) is 3. The molecule has 2 unspecified atom stereocenters. The van der Waals surface area contributed by atoms with Crippen molar-refractivity contribution in [3.8, 4) is 0 Å². The van der Waals surface area contributed by atoms with Gasteiger partial charge in [0.2, 0.25) is 11.8 Å². The standard InChI is InChI=1S/C13H23N3O2/c1-9(12(17)15-11-5-6-11)14-10(2)13(18)16-7-3-4-8-16/h9-11,14H,3-8H2,1-2H3,(H,15,17). The number of amides is 2. The molecule has 0 radical (unpaired) electrons. The predicted octanol–water partition coefficient (Wildman–Crippen LogP) is 0.254. The summed E-state index contributed by atoms with van der Waals surface area (Å²) in [4.78, 5) is 25.7. The molecular weight excluding hydrogens is 230 g/mol. The van der Waals surface area contributed by atoms with E-state index >= 15 is 0 Å². The van der Waals surface area contributed by atoms with Crippen LogP contribution in [0, 0.1) is 0 Å². The largest absolute Gasteiger partial charge is 0.352 e. The van der Waals surface area contributed by atoms with Crippen molar-refractivity contribution in [2.45, 2.75) is 57.7 Å². The van der Waals surface area contributed by atoms with Gasteiger partial charge in [-0.1, -0.05) is 0 Å². The van der Waals surface area contributed by atoms with Crippen LogP contribution in [0.2, 0.25) is 0 Å². The van der Waals surface area contributed by atoms with E-state index in [1.807, 2.05) is 18.7 Å². The Labute approximate surface area is 108 Å². The van der Waals surface area contributed by atoms with E-state index in [-0.39, 0.29) is 23.9 Å². The fourth-order valence-electron chi connectivity index (χ4n) is 2.29. The van der Waals surface area contributed by atoms with Crippen molar-refractivity contribution < 1.29 is 9.59 Å². The molecule has 2 amide bonds. The molecule has 2 fully saturated rings. The van der Waals surface area contributed by atoms with E-state index in [0.717, 1.165) is 38.8 Å². The van der Waals surface area contributed by atoms with Crippen LogP contribution in [0.15, 0.2) is 0 Å². The van der Waals surface area contributed by atoms with Gasteiger partial charge in [-0.2, -0.15) is 0 Å². The molecule has 2 aliphatic rings. The second-order valence-electron chi connectivity index (χ2n) is 5.43. The Morgan fingerprint density at radius 3 is 2.28 bits per heavy atom. The number of nitrogens with zero attached hydrogens (tertiary/aromatic N) is 1. The summed E-state index contributed by atoms with van der Waals surface area (Å²) in [5.41, 5.74) is 0. The van der Waals surface area contributed by atoms with Crippen molar-refractivity contribution in [3.63, 3.8) is 0 Å². The van der Waals surface area contributed by atoms with Crippen molar-refractivity contribution in [1.29, 1.82) is 0 Å². The smallest absolute Gasteiger partial charge is 0.239 e. The molecule has 1 aliphatic carbocycles. The lowest BCUT2D eigenvalue weighted by molar-refractivity contribution is -0.132. The van der Waals surface area contributed by atoms with E-state index in [0.29, 0.717) is 6.04 Å². The van der Waals surface area contributed by atoms with Gasteiger partial charge in [-0.25, -0.2) is 0 Å². The average Bonchev–Trinajstić information content (AvgIpc) is 2.98. The summed E-state index contributed by atoms with van der Waals surface area (Å²) >= 11 is 0. The van der Waals surface area contributed by atoms with Gasteiger partial charge < -0.3 is 10.2 Å². The lowest BCUT2D eigenvalue weighted by atomic mass is 10.2. The normalized spacial score (nSPS) is 22.7. The first-order valence-corrected chi connectivity index (χ1v) is 6.93. The summed E-state index contributed by atoms with van der Waals surface area (Å²) in [7, 11) is 0. The Hall–Kier alpha value is -1.10. The Morgan fingerprint density at radius 1 is 1.11 bits per heavy atom. The first-order chi connectivity index (χ1) is 8.58. The van der Waals surface area contributed by atoms with Crippen molar-refractivity contribution >= 4 is 11.8 Å². The summed E-state index contributed by atoms with van der Waals surface area (Å²) in [5.74, 6) is 0.108. The summed E-state index contributed by atoms with van der Waals surface area (Å²) in [6.45, 7) is 5.36.